The third kappa shape index (κ3) is 5.77. The van der Waals surface area contributed by atoms with E-state index in [1.54, 1.807) is 24.5 Å². The highest BCUT2D eigenvalue weighted by atomic mass is 16.2. The van der Waals surface area contributed by atoms with E-state index in [4.69, 9.17) is 5.26 Å². The third-order valence-electron chi connectivity index (χ3n) is 3.74. The molecule has 0 aliphatic rings. The Kier molecular flexibility index (Phi) is 6.72. The number of nitriles is 1. The molecule has 0 saturated carbocycles. The van der Waals surface area contributed by atoms with Gasteiger partial charge in [-0.15, -0.1) is 0 Å². The number of imidazole rings is 1. The zero-order chi connectivity index (χ0) is 18.1. The van der Waals surface area contributed by atoms with Gasteiger partial charge in [-0.25, -0.2) is 4.98 Å². The molecule has 3 N–H and O–H groups in total. The van der Waals surface area contributed by atoms with Gasteiger partial charge in [0.2, 0.25) is 5.91 Å². The van der Waals surface area contributed by atoms with Crippen molar-refractivity contribution in [3.8, 4) is 17.5 Å². The second-order valence-corrected chi connectivity index (χ2v) is 5.80. The molecular weight excluding hydrogens is 318 g/mol. The number of benzene rings is 1. The fraction of sp³-hybridized carbons (Fsp3) is 0.333. The van der Waals surface area contributed by atoms with Gasteiger partial charge in [-0.05, 0) is 24.5 Å². The van der Waals surface area contributed by atoms with Crippen LogP contribution in [0.15, 0.2) is 36.7 Å². The molecule has 2 aromatic rings. The molecule has 1 aromatic heterocycles. The predicted molar refractivity (Wildman–Crippen MR) is 93.4 cm³/mol. The van der Waals surface area contributed by atoms with Crippen molar-refractivity contribution in [1.29, 1.82) is 5.26 Å². The van der Waals surface area contributed by atoms with Crippen molar-refractivity contribution in [3.63, 3.8) is 0 Å². The van der Waals surface area contributed by atoms with Crippen LogP contribution in [-0.4, -0.2) is 34.9 Å². The summed E-state index contributed by atoms with van der Waals surface area (Å²) in [6.45, 7) is 2.46. The fourth-order valence-corrected chi connectivity index (χ4v) is 2.37. The molecule has 0 fully saturated rings. The zero-order valence-electron chi connectivity index (χ0n) is 14.1. The SMILES string of the molecule is CC(CCNC(=O)c1ccc(-c2ncc[nH]2)cc1)CC(=O)NCC#N. The van der Waals surface area contributed by atoms with Gasteiger partial charge in [-0.3, -0.25) is 9.59 Å². The summed E-state index contributed by atoms with van der Waals surface area (Å²) >= 11 is 0. The van der Waals surface area contributed by atoms with Gasteiger partial charge >= 0.3 is 0 Å². The van der Waals surface area contributed by atoms with E-state index < -0.39 is 0 Å². The number of carbonyl (C=O) groups excluding carboxylic acids is 2. The summed E-state index contributed by atoms with van der Waals surface area (Å²) < 4.78 is 0. The normalized spacial score (nSPS) is 11.4. The maximum atomic E-state index is 12.1. The predicted octanol–water partition coefficient (Wildman–Crippen LogP) is 1.86. The molecule has 25 heavy (non-hydrogen) atoms. The molecule has 2 rings (SSSR count). The standard InChI is InChI=1S/C18H21N5O2/c1-13(12-16(24)20-9-7-19)6-8-23-18(25)15-4-2-14(3-5-15)17-21-10-11-22-17/h2-5,10-11,13H,6,8-9,12H2,1H3,(H,20,24)(H,21,22)(H,23,25). The molecule has 2 amide bonds. The smallest absolute Gasteiger partial charge is 0.251 e. The van der Waals surface area contributed by atoms with E-state index in [1.807, 2.05) is 25.1 Å². The largest absolute Gasteiger partial charge is 0.352 e. The van der Waals surface area contributed by atoms with E-state index >= 15 is 0 Å². The quantitative estimate of drug-likeness (QED) is 0.637. The summed E-state index contributed by atoms with van der Waals surface area (Å²) in [5.74, 6) is 0.594. The van der Waals surface area contributed by atoms with Crippen molar-refractivity contribution in [3.05, 3.63) is 42.2 Å². The molecule has 0 radical (unpaired) electrons. The number of carbonyl (C=O) groups is 2. The Balaban J connectivity index is 1.75. The molecule has 1 unspecified atom stereocenters. The summed E-state index contributed by atoms with van der Waals surface area (Å²) in [5.41, 5.74) is 1.49. The van der Waals surface area contributed by atoms with Crippen LogP contribution < -0.4 is 10.6 Å². The number of hydrogen-bond donors (Lipinski definition) is 3. The van der Waals surface area contributed by atoms with Crippen LogP contribution in [0.2, 0.25) is 0 Å². The van der Waals surface area contributed by atoms with Gasteiger partial charge in [0.15, 0.2) is 0 Å². The Labute approximate surface area is 146 Å². The summed E-state index contributed by atoms with van der Waals surface area (Å²) in [4.78, 5) is 30.8. The van der Waals surface area contributed by atoms with Gasteiger partial charge in [-0.2, -0.15) is 5.26 Å². The minimum atomic E-state index is -0.146. The van der Waals surface area contributed by atoms with Gasteiger partial charge in [0.25, 0.3) is 5.91 Å². The second kappa shape index (κ2) is 9.23. The van der Waals surface area contributed by atoms with Crippen LogP contribution in [0.5, 0.6) is 0 Å². The van der Waals surface area contributed by atoms with Crippen molar-refractivity contribution < 1.29 is 9.59 Å². The number of H-pyrrole nitrogens is 1. The van der Waals surface area contributed by atoms with Gasteiger partial charge in [0, 0.05) is 36.5 Å². The van der Waals surface area contributed by atoms with E-state index in [2.05, 4.69) is 20.6 Å². The van der Waals surface area contributed by atoms with Crippen LogP contribution in [-0.2, 0) is 4.79 Å². The van der Waals surface area contributed by atoms with Crippen LogP contribution >= 0.6 is 0 Å². The molecule has 0 spiro atoms. The van der Waals surface area contributed by atoms with Gasteiger partial charge in [0.1, 0.15) is 12.4 Å². The zero-order valence-corrected chi connectivity index (χ0v) is 14.1. The topological polar surface area (TPSA) is 111 Å². The van der Waals surface area contributed by atoms with Crippen molar-refractivity contribution in [2.24, 2.45) is 5.92 Å². The van der Waals surface area contributed by atoms with Crippen molar-refractivity contribution >= 4 is 11.8 Å². The minimum Gasteiger partial charge on any atom is -0.352 e. The number of hydrogen-bond acceptors (Lipinski definition) is 4. The molecule has 1 aromatic carbocycles. The Hall–Kier alpha value is -3.14. The number of aromatic nitrogens is 2. The Bertz CT molecular complexity index is 732. The van der Waals surface area contributed by atoms with Crippen molar-refractivity contribution in [1.82, 2.24) is 20.6 Å². The molecule has 1 atom stereocenters. The van der Waals surface area contributed by atoms with Crippen molar-refractivity contribution in [2.45, 2.75) is 19.8 Å². The van der Waals surface area contributed by atoms with Crippen LogP contribution in [0, 0.1) is 17.2 Å². The van der Waals surface area contributed by atoms with Crippen LogP contribution in [0.1, 0.15) is 30.1 Å². The molecule has 0 saturated heterocycles. The van der Waals surface area contributed by atoms with E-state index in [-0.39, 0.29) is 24.3 Å². The molecule has 130 valence electrons. The first-order valence-electron chi connectivity index (χ1n) is 8.12. The summed E-state index contributed by atoms with van der Waals surface area (Å²) in [5, 5.41) is 13.8. The van der Waals surface area contributed by atoms with E-state index in [1.165, 1.54) is 0 Å². The average Bonchev–Trinajstić information content (AvgIpc) is 3.14. The lowest BCUT2D eigenvalue weighted by molar-refractivity contribution is -0.121. The summed E-state index contributed by atoms with van der Waals surface area (Å²) in [7, 11) is 0. The molecule has 7 heteroatoms. The maximum Gasteiger partial charge on any atom is 0.251 e. The Morgan fingerprint density at radius 3 is 2.68 bits per heavy atom. The molecular formula is C18H21N5O2. The highest BCUT2D eigenvalue weighted by Gasteiger charge is 2.10. The number of aromatic amines is 1. The first kappa shape index (κ1) is 18.2. The lowest BCUT2D eigenvalue weighted by Crippen LogP contribution is -2.28. The average molecular weight is 339 g/mol. The van der Waals surface area contributed by atoms with Gasteiger partial charge in [-0.1, -0.05) is 19.1 Å². The van der Waals surface area contributed by atoms with E-state index in [9.17, 15) is 9.59 Å². The minimum absolute atomic E-state index is 0.0241. The van der Waals surface area contributed by atoms with Crippen LogP contribution in [0.4, 0.5) is 0 Å². The molecule has 7 nitrogen and oxygen atoms in total. The van der Waals surface area contributed by atoms with Gasteiger partial charge in [0.05, 0.1) is 6.07 Å². The number of nitrogens with zero attached hydrogens (tertiary/aromatic N) is 2. The Morgan fingerprint density at radius 2 is 2.04 bits per heavy atom. The first-order chi connectivity index (χ1) is 12.1. The lowest BCUT2D eigenvalue weighted by Gasteiger charge is -2.11. The first-order valence-corrected chi connectivity index (χ1v) is 8.12. The summed E-state index contributed by atoms with van der Waals surface area (Å²) in [6.07, 6.45) is 4.46. The molecule has 0 aliphatic carbocycles. The third-order valence-corrected chi connectivity index (χ3v) is 3.74. The Morgan fingerprint density at radius 1 is 1.28 bits per heavy atom. The molecule has 0 bridgehead atoms. The van der Waals surface area contributed by atoms with Crippen LogP contribution in [0.3, 0.4) is 0 Å². The lowest BCUT2D eigenvalue weighted by atomic mass is 10.0. The summed E-state index contributed by atoms with van der Waals surface area (Å²) in [6, 6.07) is 9.06. The number of amides is 2. The van der Waals surface area contributed by atoms with Crippen LogP contribution in [0.25, 0.3) is 11.4 Å². The number of nitrogens with one attached hydrogen (secondary N) is 3. The van der Waals surface area contributed by atoms with E-state index in [0.29, 0.717) is 24.9 Å². The maximum absolute atomic E-state index is 12.1. The number of rotatable bonds is 8. The monoisotopic (exact) mass is 339 g/mol. The van der Waals surface area contributed by atoms with Crippen molar-refractivity contribution in [2.75, 3.05) is 13.1 Å². The van der Waals surface area contributed by atoms with Gasteiger partial charge < -0.3 is 15.6 Å². The highest BCUT2D eigenvalue weighted by Crippen LogP contribution is 2.15. The highest BCUT2D eigenvalue weighted by molar-refractivity contribution is 5.94. The second-order valence-electron chi connectivity index (χ2n) is 5.80. The van der Waals surface area contributed by atoms with E-state index in [0.717, 1.165) is 11.4 Å². The molecule has 1 heterocycles. The fourth-order valence-electron chi connectivity index (χ4n) is 2.37. The molecule has 0 aliphatic heterocycles.